The van der Waals surface area contributed by atoms with E-state index < -0.39 is 63.7 Å². The van der Waals surface area contributed by atoms with Gasteiger partial charge in [0.05, 0.1) is 17.7 Å². The Morgan fingerprint density at radius 2 is 1.23 bits per heavy atom. The molecule has 0 bridgehead atoms. The summed E-state index contributed by atoms with van der Waals surface area (Å²) >= 11 is 0. The van der Waals surface area contributed by atoms with Crippen molar-refractivity contribution in [1.29, 1.82) is 0 Å². The Balaban J connectivity index is 1.50. The minimum Gasteiger partial charge on any atom is -0.493 e. The second-order valence-corrected chi connectivity index (χ2v) is 9.17. The quantitative estimate of drug-likeness (QED) is 0.0893. The third kappa shape index (κ3) is 7.67. The van der Waals surface area contributed by atoms with Crippen LogP contribution in [0.1, 0.15) is 47.6 Å². The van der Waals surface area contributed by atoms with E-state index in [1.165, 1.54) is 6.07 Å². The van der Waals surface area contributed by atoms with E-state index >= 15 is 0 Å². The largest absolute Gasteiger partial charge is 0.493 e. The molecule has 44 heavy (non-hydrogen) atoms. The van der Waals surface area contributed by atoms with Gasteiger partial charge in [-0.25, -0.2) is 30.7 Å². The first kappa shape index (κ1) is 31.9. The van der Waals surface area contributed by atoms with Gasteiger partial charge in [-0.2, -0.15) is 8.78 Å². The number of hydrogen-bond donors (Lipinski definition) is 0. The fourth-order valence-corrected chi connectivity index (χ4v) is 3.68. The van der Waals surface area contributed by atoms with Crippen LogP contribution in [0.25, 0.3) is 0 Å². The number of benzene rings is 4. The molecule has 0 spiro atoms. The molecule has 4 rings (SSSR count). The molecular formula is C33H19F9O2. The standard InChI is InChI=1S/C33H19F9O2/c1-2-3-12-43-22-9-11-25(29(37)16-22)33(41,42)44-23-17-27(35)24(28(36)18-23)10-6-19-4-7-21(26(34)13-19)8-5-20-14-30(38)32(40)31(39)15-20/h4,7,9,11,13-18H,2-3,12H2,1H3. The minimum atomic E-state index is -4.31. The molecule has 0 aliphatic rings. The monoisotopic (exact) mass is 618 g/mol. The molecule has 11 heteroatoms. The van der Waals surface area contributed by atoms with Crippen molar-refractivity contribution in [2.75, 3.05) is 6.61 Å². The van der Waals surface area contributed by atoms with Gasteiger partial charge < -0.3 is 9.47 Å². The highest BCUT2D eigenvalue weighted by Crippen LogP contribution is 2.35. The van der Waals surface area contributed by atoms with Crippen LogP contribution in [-0.2, 0) is 6.11 Å². The number of hydrogen-bond acceptors (Lipinski definition) is 2. The Bertz CT molecular complexity index is 1780. The summed E-state index contributed by atoms with van der Waals surface area (Å²) in [4.78, 5) is 0. The van der Waals surface area contributed by atoms with Crippen LogP contribution in [0, 0.1) is 64.4 Å². The van der Waals surface area contributed by atoms with Crippen LogP contribution in [0.15, 0.2) is 60.7 Å². The highest BCUT2D eigenvalue weighted by atomic mass is 19.3. The van der Waals surface area contributed by atoms with Crippen molar-refractivity contribution in [1.82, 2.24) is 0 Å². The average Bonchev–Trinajstić information content (AvgIpc) is 2.94. The van der Waals surface area contributed by atoms with Gasteiger partial charge in [-0.3, -0.25) is 0 Å². The van der Waals surface area contributed by atoms with E-state index in [0.717, 1.165) is 36.8 Å². The molecule has 0 heterocycles. The highest BCUT2D eigenvalue weighted by Gasteiger charge is 2.38. The Morgan fingerprint density at radius 3 is 1.84 bits per heavy atom. The van der Waals surface area contributed by atoms with Gasteiger partial charge in [0.1, 0.15) is 40.3 Å². The van der Waals surface area contributed by atoms with Crippen LogP contribution >= 0.6 is 0 Å². The Morgan fingerprint density at radius 1 is 0.614 bits per heavy atom. The van der Waals surface area contributed by atoms with E-state index in [0.29, 0.717) is 30.7 Å². The molecule has 0 fully saturated rings. The van der Waals surface area contributed by atoms with Crippen molar-refractivity contribution >= 4 is 0 Å². The van der Waals surface area contributed by atoms with Crippen molar-refractivity contribution in [2.24, 2.45) is 0 Å². The topological polar surface area (TPSA) is 18.5 Å². The predicted molar refractivity (Wildman–Crippen MR) is 142 cm³/mol. The number of rotatable bonds is 7. The van der Waals surface area contributed by atoms with Gasteiger partial charge in [-0.15, -0.1) is 0 Å². The number of halogens is 9. The molecular weight excluding hydrogens is 599 g/mol. The molecule has 0 radical (unpaired) electrons. The second-order valence-electron chi connectivity index (χ2n) is 9.17. The summed E-state index contributed by atoms with van der Waals surface area (Å²) in [5, 5.41) is 0. The Labute approximate surface area is 246 Å². The molecule has 2 nitrogen and oxygen atoms in total. The van der Waals surface area contributed by atoms with E-state index in [4.69, 9.17) is 4.74 Å². The first-order valence-corrected chi connectivity index (χ1v) is 12.8. The van der Waals surface area contributed by atoms with E-state index in [2.05, 4.69) is 28.4 Å². The first-order valence-electron chi connectivity index (χ1n) is 12.8. The summed E-state index contributed by atoms with van der Waals surface area (Å²) in [6, 6.07) is 7.95. The molecule has 0 saturated heterocycles. The SMILES string of the molecule is CCCCOc1ccc(C(F)(F)Oc2cc(F)c(C#Cc3ccc(C#Cc4cc(F)c(F)c(F)c4)c(F)c3)c(F)c2)c(F)c1. The third-order valence-electron chi connectivity index (χ3n) is 5.91. The highest BCUT2D eigenvalue weighted by molar-refractivity contribution is 5.50. The Kier molecular flexibility index (Phi) is 9.80. The molecule has 0 atom stereocenters. The lowest BCUT2D eigenvalue weighted by Gasteiger charge is -2.19. The van der Waals surface area contributed by atoms with Crippen molar-refractivity contribution in [3.63, 3.8) is 0 Å². The predicted octanol–water partition coefficient (Wildman–Crippen LogP) is 8.77. The molecule has 4 aromatic rings. The maximum atomic E-state index is 14.7. The smallest absolute Gasteiger partial charge is 0.429 e. The molecule has 0 N–H and O–H groups in total. The maximum absolute atomic E-state index is 14.7. The van der Waals surface area contributed by atoms with Gasteiger partial charge in [0, 0.05) is 29.3 Å². The van der Waals surface area contributed by atoms with Gasteiger partial charge in [0.25, 0.3) is 0 Å². The van der Waals surface area contributed by atoms with Crippen LogP contribution < -0.4 is 9.47 Å². The van der Waals surface area contributed by atoms with E-state index in [9.17, 15) is 39.5 Å². The fourth-order valence-electron chi connectivity index (χ4n) is 3.68. The lowest BCUT2D eigenvalue weighted by Crippen LogP contribution is -2.23. The van der Waals surface area contributed by atoms with E-state index in [-0.39, 0.29) is 29.0 Å². The van der Waals surface area contributed by atoms with Gasteiger partial charge in [0.15, 0.2) is 17.5 Å². The summed E-state index contributed by atoms with van der Waals surface area (Å²) in [5.74, 6) is -1.54. The minimum absolute atomic E-state index is 0.0244. The summed E-state index contributed by atoms with van der Waals surface area (Å²) in [6.45, 7) is 2.17. The fraction of sp³-hybridized carbons (Fsp3) is 0.152. The summed E-state index contributed by atoms with van der Waals surface area (Å²) < 4.78 is 137. The molecule has 0 unspecified atom stereocenters. The van der Waals surface area contributed by atoms with Crippen molar-refractivity contribution in [3.05, 3.63) is 129 Å². The summed E-state index contributed by atoms with van der Waals surface area (Å²) in [5.41, 5.74) is -2.57. The van der Waals surface area contributed by atoms with E-state index in [1.54, 1.807) is 0 Å². The van der Waals surface area contributed by atoms with Gasteiger partial charge in [-0.1, -0.05) is 37.0 Å². The van der Waals surface area contributed by atoms with Crippen LogP contribution in [0.2, 0.25) is 0 Å². The number of ether oxygens (including phenoxy) is 2. The maximum Gasteiger partial charge on any atom is 0.429 e. The van der Waals surface area contributed by atoms with Crippen LogP contribution in [0.3, 0.4) is 0 Å². The van der Waals surface area contributed by atoms with Crippen molar-refractivity contribution in [3.8, 4) is 35.2 Å². The van der Waals surface area contributed by atoms with Gasteiger partial charge >= 0.3 is 6.11 Å². The average molecular weight is 618 g/mol. The van der Waals surface area contributed by atoms with Crippen molar-refractivity contribution < 1.29 is 49.0 Å². The zero-order chi connectivity index (χ0) is 32.0. The molecule has 0 aliphatic heterocycles. The lowest BCUT2D eigenvalue weighted by atomic mass is 10.1. The van der Waals surface area contributed by atoms with Gasteiger partial charge in [0.2, 0.25) is 0 Å². The Hall–Kier alpha value is -5.03. The second kappa shape index (κ2) is 13.5. The normalized spacial score (nSPS) is 10.9. The molecule has 4 aromatic carbocycles. The van der Waals surface area contributed by atoms with Gasteiger partial charge in [-0.05, 0) is 48.9 Å². The van der Waals surface area contributed by atoms with Crippen LogP contribution in [-0.4, -0.2) is 6.61 Å². The third-order valence-corrected chi connectivity index (χ3v) is 5.91. The zero-order valence-corrected chi connectivity index (χ0v) is 22.6. The van der Waals surface area contributed by atoms with Crippen LogP contribution in [0.5, 0.6) is 11.5 Å². The lowest BCUT2D eigenvalue weighted by molar-refractivity contribution is -0.187. The zero-order valence-electron chi connectivity index (χ0n) is 22.6. The molecule has 226 valence electrons. The summed E-state index contributed by atoms with van der Waals surface area (Å²) in [7, 11) is 0. The number of unbranched alkanes of at least 4 members (excludes halogenated alkanes) is 1. The molecule has 0 amide bonds. The first-order chi connectivity index (χ1) is 20.9. The number of alkyl halides is 2. The molecule has 0 saturated carbocycles. The summed E-state index contributed by atoms with van der Waals surface area (Å²) in [6.07, 6.45) is -2.83. The van der Waals surface area contributed by atoms with E-state index in [1.807, 2.05) is 6.92 Å². The molecule has 0 aromatic heterocycles. The van der Waals surface area contributed by atoms with Crippen molar-refractivity contribution in [2.45, 2.75) is 25.9 Å². The molecule has 0 aliphatic carbocycles. The van der Waals surface area contributed by atoms with Crippen LogP contribution in [0.4, 0.5) is 39.5 Å².